The van der Waals surface area contributed by atoms with Gasteiger partial charge in [-0.1, -0.05) is 32.9 Å². The second-order valence-corrected chi connectivity index (χ2v) is 10.5. The zero-order valence-corrected chi connectivity index (χ0v) is 19.3. The van der Waals surface area contributed by atoms with Crippen molar-refractivity contribution in [2.45, 2.75) is 52.1 Å². The Bertz CT molecular complexity index is 819. The molecule has 0 unspecified atom stereocenters. The number of rotatable bonds is 5. The van der Waals surface area contributed by atoms with Gasteiger partial charge < -0.3 is 15.0 Å². The molecule has 7 heteroatoms. The number of carbonyl (C=O) groups is 2. The van der Waals surface area contributed by atoms with Crippen LogP contribution >= 0.6 is 0 Å². The van der Waals surface area contributed by atoms with E-state index in [1.165, 1.54) is 10.6 Å². The van der Waals surface area contributed by atoms with Crippen molar-refractivity contribution in [1.29, 1.82) is 0 Å². The summed E-state index contributed by atoms with van der Waals surface area (Å²) in [6, 6.07) is 8.27. The number of benzene rings is 1. The average Bonchev–Trinajstić information content (AvgIpc) is 2.91. The molecule has 0 radical (unpaired) electrons. The van der Waals surface area contributed by atoms with E-state index in [-0.39, 0.29) is 17.4 Å². The second-order valence-electron chi connectivity index (χ2n) is 10.5. The molecule has 1 N–H and O–H groups in total. The lowest BCUT2D eigenvalue weighted by Crippen LogP contribution is -2.54. The van der Waals surface area contributed by atoms with Crippen LogP contribution in [0.1, 0.15) is 45.6 Å². The number of anilines is 1. The van der Waals surface area contributed by atoms with Gasteiger partial charge in [0.25, 0.3) is 5.91 Å². The highest BCUT2D eigenvalue weighted by molar-refractivity contribution is 6.07. The Morgan fingerprint density at radius 2 is 1.81 bits per heavy atom. The van der Waals surface area contributed by atoms with Crippen LogP contribution in [-0.2, 0) is 16.1 Å². The first-order valence-corrected chi connectivity index (χ1v) is 11.4. The summed E-state index contributed by atoms with van der Waals surface area (Å²) in [5, 5.41) is 3.06. The Kier molecular flexibility index (Phi) is 6.01. The lowest BCUT2D eigenvalue weighted by Gasteiger charge is -2.43. The molecular formula is C24H36N4O3. The van der Waals surface area contributed by atoms with Gasteiger partial charge in [0.2, 0.25) is 0 Å². The van der Waals surface area contributed by atoms with Crippen molar-refractivity contribution < 1.29 is 14.3 Å². The fourth-order valence-corrected chi connectivity index (χ4v) is 5.87. The van der Waals surface area contributed by atoms with Gasteiger partial charge in [-0.2, -0.15) is 0 Å². The van der Waals surface area contributed by atoms with Crippen LogP contribution in [0.2, 0.25) is 0 Å². The molecule has 1 aromatic rings. The van der Waals surface area contributed by atoms with Gasteiger partial charge in [0.15, 0.2) is 0 Å². The summed E-state index contributed by atoms with van der Waals surface area (Å²) in [7, 11) is 1.95. The maximum Gasteiger partial charge on any atom is 0.326 e. The fourth-order valence-electron chi connectivity index (χ4n) is 5.87. The van der Waals surface area contributed by atoms with Gasteiger partial charge in [0.1, 0.15) is 5.54 Å². The zero-order valence-electron chi connectivity index (χ0n) is 19.3. The number of carbonyl (C=O) groups excluding carboxylic acids is 2. The minimum absolute atomic E-state index is 0.0464. The summed E-state index contributed by atoms with van der Waals surface area (Å²) in [6.07, 6.45) is 2.51. The number of nitrogens with zero attached hydrogens (tertiary/aromatic N) is 3. The van der Waals surface area contributed by atoms with Crippen molar-refractivity contribution in [3.05, 3.63) is 29.8 Å². The quantitative estimate of drug-likeness (QED) is 0.731. The molecule has 2 aliphatic heterocycles. The molecule has 2 atom stereocenters. The predicted molar refractivity (Wildman–Crippen MR) is 121 cm³/mol. The van der Waals surface area contributed by atoms with Crippen LogP contribution in [0, 0.1) is 11.3 Å². The Morgan fingerprint density at radius 1 is 1.13 bits per heavy atom. The van der Waals surface area contributed by atoms with E-state index < -0.39 is 5.54 Å². The van der Waals surface area contributed by atoms with Crippen molar-refractivity contribution in [3.8, 4) is 0 Å². The number of nitrogens with one attached hydrogen (secondary N) is 1. The number of amides is 3. The SMILES string of the molecule is C[C@H]1CC(C)(C)C[C@@]2(C1)NC(=O)N(CN(C)Cc1ccc(N3CCOCC3)cc1)C2=O. The minimum Gasteiger partial charge on any atom is -0.378 e. The van der Waals surface area contributed by atoms with E-state index in [1.54, 1.807) is 0 Å². The summed E-state index contributed by atoms with van der Waals surface area (Å²) in [4.78, 5) is 31.8. The van der Waals surface area contributed by atoms with Gasteiger partial charge in [-0.15, -0.1) is 0 Å². The molecule has 1 spiro atoms. The average molecular weight is 429 g/mol. The number of ether oxygens (including phenoxy) is 1. The Labute approximate surface area is 185 Å². The van der Waals surface area contributed by atoms with Gasteiger partial charge >= 0.3 is 6.03 Å². The number of imide groups is 1. The molecule has 31 heavy (non-hydrogen) atoms. The largest absolute Gasteiger partial charge is 0.378 e. The third-order valence-corrected chi connectivity index (χ3v) is 6.77. The highest BCUT2D eigenvalue weighted by Crippen LogP contribution is 2.46. The van der Waals surface area contributed by atoms with Crippen molar-refractivity contribution in [1.82, 2.24) is 15.1 Å². The minimum atomic E-state index is -0.737. The summed E-state index contributed by atoms with van der Waals surface area (Å²) in [5.74, 6) is 0.349. The zero-order chi connectivity index (χ0) is 22.2. The molecule has 3 fully saturated rings. The van der Waals surface area contributed by atoms with Crippen molar-refractivity contribution in [2.24, 2.45) is 11.3 Å². The normalized spacial score (nSPS) is 28.5. The number of hydrogen-bond donors (Lipinski definition) is 1. The first-order valence-electron chi connectivity index (χ1n) is 11.4. The standard InChI is InChI=1S/C24H36N4O3/c1-18-13-23(2,3)16-24(14-18)21(29)28(22(30)25-24)17-26(4)15-19-5-7-20(8-6-19)27-9-11-31-12-10-27/h5-8,18H,9-17H2,1-4H3,(H,25,30)/t18-,24+/m0/s1. The third kappa shape index (κ3) is 4.72. The summed E-state index contributed by atoms with van der Waals surface area (Å²) < 4.78 is 5.42. The van der Waals surface area contributed by atoms with Crippen LogP contribution in [0.25, 0.3) is 0 Å². The van der Waals surface area contributed by atoms with E-state index in [0.29, 0.717) is 25.6 Å². The van der Waals surface area contributed by atoms with E-state index in [9.17, 15) is 9.59 Å². The fraction of sp³-hybridized carbons (Fsp3) is 0.667. The Morgan fingerprint density at radius 3 is 2.45 bits per heavy atom. The van der Waals surface area contributed by atoms with Crippen LogP contribution in [0.3, 0.4) is 0 Å². The van der Waals surface area contributed by atoms with Crippen LogP contribution in [0.15, 0.2) is 24.3 Å². The lowest BCUT2D eigenvalue weighted by atomic mass is 9.64. The highest BCUT2D eigenvalue weighted by Gasteiger charge is 2.56. The number of urea groups is 1. The van der Waals surface area contributed by atoms with Gasteiger partial charge in [0.05, 0.1) is 19.9 Å². The molecule has 2 heterocycles. The van der Waals surface area contributed by atoms with Crippen LogP contribution in [0.4, 0.5) is 10.5 Å². The highest BCUT2D eigenvalue weighted by atomic mass is 16.5. The monoisotopic (exact) mass is 428 g/mol. The van der Waals surface area contributed by atoms with E-state index in [4.69, 9.17) is 4.74 Å². The van der Waals surface area contributed by atoms with E-state index >= 15 is 0 Å². The topological polar surface area (TPSA) is 65.1 Å². The van der Waals surface area contributed by atoms with Gasteiger partial charge in [-0.25, -0.2) is 9.69 Å². The smallest absolute Gasteiger partial charge is 0.326 e. The van der Waals surface area contributed by atoms with Gasteiger partial charge in [0, 0.05) is 25.3 Å². The summed E-state index contributed by atoms with van der Waals surface area (Å²) in [6.45, 7) is 10.9. The molecule has 0 aromatic heterocycles. The molecule has 3 amide bonds. The van der Waals surface area contributed by atoms with E-state index in [1.807, 2.05) is 11.9 Å². The molecular weight excluding hydrogens is 392 g/mol. The molecule has 1 aromatic carbocycles. The van der Waals surface area contributed by atoms with Gasteiger partial charge in [-0.05, 0) is 55.3 Å². The lowest BCUT2D eigenvalue weighted by molar-refractivity contribution is -0.136. The first-order chi connectivity index (χ1) is 14.7. The van der Waals surface area contributed by atoms with E-state index in [0.717, 1.165) is 44.7 Å². The Hall–Kier alpha value is -2.12. The molecule has 1 saturated carbocycles. The molecule has 4 rings (SSSR count). The summed E-state index contributed by atoms with van der Waals surface area (Å²) in [5.41, 5.74) is 1.68. The maximum absolute atomic E-state index is 13.3. The van der Waals surface area contributed by atoms with Crippen LogP contribution < -0.4 is 10.2 Å². The van der Waals surface area contributed by atoms with Crippen molar-refractivity contribution >= 4 is 17.6 Å². The molecule has 2 saturated heterocycles. The van der Waals surface area contributed by atoms with Crippen LogP contribution in [-0.4, -0.2) is 67.3 Å². The summed E-state index contributed by atoms with van der Waals surface area (Å²) >= 11 is 0. The number of morpholine rings is 1. The molecule has 170 valence electrons. The second kappa shape index (κ2) is 8.43. The first kappa shape index (κ1) is 22.1. The predicted octanol–water partition coefficient (Wildman–Crippen LogP) is 3.05. The maximum atomic E-state index is 13.3. The van der Waals surface area contributed by atoms with E-state index in [2.05, 4.69) is 55.3 Å². The van der Waals surface area contributed by atoms with Gasteiger partial charge in [-0.3, -0.25) is 9.69 Å². The van der Waals surface area contributed by atoms with Crippen molar-refractivity contribution in [2.75, 3.05) is 44.9 Å². The molecule has 0 bridgehead atoms. The van der Waals surface area contributed by atoms with Crippen LogP contribution in [0.5, 0.6) is 0 Å². The van der Waals surface area contributed by atoms with Crippen molar-refractivity contribution in [3.63, 3.8) is 0 Å². The molecule has 7 nitrogen and oxygen atoms in total. The Balaban J connectivity index is 1.37. The third-order valence-electron chi connectivity index (χ3n) is 6.77. The molecule has 1 aliphatic carbocycles. The number of hydrogen-bond acceptors (Lipinski definition) is 5. The molecule has 3 aliphatic rings.